The number of carbonyl (C=O) groups is 1. The third-order valence-electron chi connectivity index (χ3n) is 2.00. The van der Waals surface area contributed by atoms with Crippen molar-refractivity contribution < 1.29 is 14.6 Å². The van der Waals surface area contributed by atoms with E-state index in [1.807, 2.05) is 11.4 Å². The first kappa shape index (κ1) is 9.02. The summed E-state index contributed by atoms with van der Waals surface area (Å²) in [6.07, 6.45) is 0. The lowest BCUT2D eigenvalue weighted by Gasteiger charge is -2.03. The minimum absolute atomic E-state index is 0.261. The second kappa shape index (κ2) is 3.31. The number of carboxylic acid groups (broad SMARTS) is 1. The Bertz CT molecular complexity index is 487. The molecule has 0 aliphatic heterocycles. The average Bonchev–Trinajstić information content (AvgIpc) is 2.63. The van der Waals surface area contributed by atoms with E-state index < -0.39 is 5.97 Å². The smallest absolute Gasteiger partial charge is 0.335 e. The van der Waals surface area contributed by atoms with Crippen molar-refractivity contribution in [2.45, 2.75) is 0 Å². The van der Waals surface area contributed by atoms with Crippen LogP contribution in [0.3, 0.4) is 0 Å². The first-order chi connectivity index (χ1) is 6.72. The van der Waals surface area contributed by atoms with Crippen LogP contribution in [0.25, 0.3) is 10.1 Å². The summed E-state index contributed by atoms with van der Waals surface area (Å²) in [4.78, 5) is 10.8. The normalized spacial score (nSPS) is 10.4. The molecule has 0 radical (unpaired) electrons. The first-order valence-electron chi connectivity index (χ1n) is 4.01. The predicted molar refractivity (Wildman–Crippen MR) is 55.3 cm³/mol. The van der Waals surface area contributed by atoms with Crippen LogP contribution in [0.15, 0.2) is 23.6 Å². The Morgan fingerprint density at radius 3 is 2.93 bits per heavy atom. The van der Waals surface area contributed by atoms with Crippen molar-refractivity contribution in [3.05, 3.63) is 29.1 Å². The van der Waals surface area contributed by atoms with Crippen molar-refractivity contribution in [3.8, 4) is 5.75 Å². The Kier molecular flexibility index (Phi) is 2.13. The fourth-order valence-corrected chi connectivity index (χ4v) is 2.17. The zero-order valence-electron chi connectivity index (χ0n) is 7.48. The van der Waals surface area contributed by atoms with E-state index >= 15 is 0 Å². The van der Waals surface area contributed by atoms with E-state index in [2.05, 4.69) is 0 Å². The van der Waals surface area contributed by atoms with Crippen molar-refractivity contribution in [2.24, 2.45) is 0 Å². The van der Waals surface area contributed by atoms with Gasteiger partial charge in [-0.3, -0.25) is 0 Å². The van der Waals surface area contributed by atoms with Gasteiger partial charge in [0.05, 0.1) is 12.7 Å². The third-order valence-corrected chi connectivity index (χ3v) is 2.86. The standard InChI is InChI=1S/C10H8O3S/c1-13-8-4-6(10(11)12)5-9-7(8)2-3-14-9/h2-5H,1H3,(H,11,12). The van der Waals surface area contributed by atoms with Gasteiger partial charge >= 0.3 is 5.97 Å². The molecule has 1 N–H and O–H groups in total. The number of thiophene rings is 1. The van der Waals surface area contributed by atoms with Crippen LogP contribution in [0.1, 0.15) is 10.4 Å². The summed E-state index contributed by atoms with van der Waals surface area (Å²) in [7, 11) is 1.54. The summed E-state index contributed by atoms with van der Waals surface area (Å²) in [6.45, 7) is 0. The van der Waals surface area contributed by atoms with Gasteiger partial charge in [-0.1, -0.05) is 0 Å². The number of fused-ring (bicyclic) bond motifs is 1. The van der Waals surface area contributed by atoms with E-state index in [4.69, 9.17) is 9.84 Å². The zero-order valence-corrected chi connectivity index (χ0v) is 8.30. The van der Waals surface area contributed by atoms with Crippen molar-refractivity contribution in [2.75, 3.05) is 7.11 Å². The lowest BCUT2D eigenvalue weighted by atomic mass is 10.1. The molecule has 2 aromatic rings. The molecule has 1 aromatic heterocycles. The van der Waals surface area contributed by atoms with Gasteiger partial charge in [-0.25, -0.2) is 4.79 Å². The molecule has 0 saturated heterocycles. The molecule has 72 valence electrons. The number of hydrogen-bond acceptors (Lipinski definition) is 3. The summed E-state index contributed by atoms with van der Waals surface area (Å²) in [6, 6.07) is 5.12. The van der Waals surface area contributed by atoms with E-state index in [-0.39, 0.29) is 5.56 Å². The molecule has 0 amide bonds. The number of hydrogen-bond donors (Lipinski definition) is 1. The van der Waals surface area contributed by atoms with Crippen molar-refractivity contribution in [1.82, 2.24) is 0 Å². The largest absolute Gasteiger partial charge is 0.496 e. The molecule has 3 nitrogen and oxygen atoms in total. The molecule has 2 rings (SSSR count). The molecule has 0 bridgehead atoms. The van der Waals surface area contributed by atoms with Crippen LogP contribution in [-0.2, 0) is 0 Å². The van der Waals surface area contributed by atoms with Crippen LogP contribution in [-0.4, -0.2) is 18.2 Å². The zero-order chi connectivity index (χ0) is 10.1. The number of rotatable bonds is 2. The maximum Gasteiger partial charge on any atom is 0.335 e. The minimum Gasteiger partial charge on any atom is -0.496 e. The highest BCUT2D eigenvalue weighted by molar-refractivity contribution is 7.17. The van der Waals surface area contributed by atoms with Crippen LogP contribution in [0, 0.1) is 0 Å². The number of ether oxygens (including phenoxy) is 1. The number of aromatic carboxylic acids is 1. The Hall–Kier alpha value is -1.55. The van der Waals surface area contributed by atoms with E-state index in [1.165, 1.54) is 24.5 Å². The molecule has 0 aliphatic rings. The summed E-state index contributed by atoms with van der Waals surface area (Å²) in [5.74, 6) is -0.320. The van der Waals surface area contributed by atoms with Gasteiger partial charge in [0.1, 0.15) is 5.75 Å². The van der Waals surface area contributed by atoms with E-state index in [9.17, 15) is 4.79 Å². The summed E-state index contributed by atoms with van der Waals surface area (Å²) in [5, 5.41) is 11.7. The minimum atomic E-state index is -0.932. The van der Waals surface area contributed by atoms with Crippen LogP contribution in [0.2, 0.25) is 0 Å². The Morgan fingerprint density at radius 2 is 2.29 bits per heavy atom. The van der Waals surface area contributed by atoms with Gasteiger partial charge in [-0.15, -0.1) is 11.3 Å². The fraction of sp³-hybridized carbons (Fsp3) is 0.100. The summed E-state index contributed by atoms with van der Waals surface area (Å²) >= 11 is 1.51. The van der Waals surface area contributed by atoms with Gasteiger partial charge in [0, 0.05) is 10.1 Å². The van der Waals surface area contributed by atoms with E-state index in [1.54, 1.807) is 6.07 Å². The van der Waals surface area contributed by atoms with E-state index in [0.29, 0.717) is 5.75 Å². The van der Waals surface area contributed by atoms with Gasteiger partial charge in [-0.2, -0.15) is 0 Å². The van der Waals surface area contributed by atoms with Crippen molar-refractivity contribution in [3.63, 3.8) is 0 Å². The number of benzene rings is 1. The average molecular weight is 208 g/mol. The van der Waals surface area contributed by atoms with Crippen molar-refractivity contribution >= 4 is 27.4 Å². The van der Waals surface area contributed by atoms with Crippen LogP contribution in [0.4, 0.5) is 0 Å². The molecule has 0 spiro atoms. The second-order valence-corrected chi connectivity index (χ2v) is 3.76. The van der Waals surface area contributed by atoms with Gasteiger partial charge in [0.2, 0.25) is 0 Å². The van der Waals surface area contributed by atoms with Crippen molar-refractivity contribution in [1.29, 1.82) is 0 Å². The molecule has 0 aliphatic carbocycles. The Morgan fingerprint density at radius 1 is 1.50 bits per heavy atom. The van der Waals surface area contributed by atoms with Crippen LogP contribution in [0.5, 0.6) is 5.75 Å². The molecule has 0 fully saturated rings. The van der Waals surface area contributed by atoms with Gasteiger partial charge in [-0.05, 0) is 23.6 Å². The molecule has 0 unspecified atom stereocenters. The van der Waals surface area contributed by atoms with Gasteiger partial charge < -0.3 is 9.84 Å². The number of methoxy groups -OCH3 is 1. The number of carboxylic acids is 1. The lowest BCUT2D eigenvalue weighted by molar-refractivity contribution is 0.0696. The Labute approximate surface area is 84.6 Å². The second-order valence-electron chi connectivity index (χ2n) is 2.82. The SMILES string of the molecule is COc1cc(C(=O)O)cc2sccc12. The third kappa shape index (κ3) is 1.33. The van der Waals surface area contributed by atoms with Gasteiger partial charge in [0.15, 0.2) is 0 Å². The Balaban J connectivity index is 2.73. The van der Waals surface area contributed by atoms with E-state index in [0.717, 1.165) is 10.1 Å². The van der Waals surface area contributed by atoms with Gasteiger partial charge in [0.25, 0.3) is 0 Å². The van der Waals surface area contributed by atoms with Crippen LogP contribution >= 0.6 is 11.3 Å². The monoisotopic (exact) mass is 208 g/mol. The quantitative estimate of drug-likeness (QED) is 0.825. The molecule has 14 heavy (non-hydrogen) atoms. The highest BCUT2D eigenvalue weighted by Gasteiger charge is 2.09. The molecule has 1 heterocycles. The van der Waals surface area contributed by atoms with Crippen LogP contribution < -0.4 is 4.74 Å². The lowest BCUT2D eigenvalue weighted by Crippen LogP contribution is -1.96. The summed E-state index contributed by atoms with van der Waals surface area (Å²) in [5.41, 5.74) is 0.261. The molecule has 0 atom stereocenters. The molecular formula is C10H8O3S. The molecule has 1 aromatic carbocycles. The first-order valence-corrected chi connectivity index (χ1v) is 4.89. The fourth-order valence-electron chi connectivity index (χ4n) is 1.33. The highest BCUT2D eigenvalue weighted by Crippen LogP contribution is 2.31. The highest BCUT2D eigenvalue weighted by atomic mass is 32.1. The maximum atomic E-state index is 10.8. The molecule has 0 saturated carbocycles. The molecule has 4 heteroatoms. The molecular weight excluding hydrogens is 200 g/mol. The topological polar surface area (TPSA) is 46.5 Å². The summed E-state index contributed by atoms with van der Waals surface area (Å²) < 4.78 is 6.05. The predicted octanol–water partition coefficient (Wildman–Crippen LogP) is 2.61. The maximum absolute atomic E-state index is 10.8.